The normalized spacial score (nSPS) is 18.5. The van der Waals surface area contributed by atoms with Crippen LogP contribution in [0.2, 0.25) is 5.02 Å². The molecular weight excluding hydrogens is 282 g/mol. The number of hydrogen-bond donors (Lipinski definition) is 1. The molecular formula is C17H20ClN3. The lowest BCUT2D eigenvalue weighted by Crippen LogP contribution is -2.33. The lowest BCUT2D eigenvalue weighted by atomic mass is 9.93. The third-order valence-electron chi connectivity index (χ3n) is 3.91. The molecule has 1 aromatic carbocycles. The highest BCUT2D eigenvalue weighted by Crippen LogP contribution is 2.24. The predicted octanol–water partition coefficient (Wildman–Crippen LogP) is 3.76. The molecule has 1 aromatic heterocycles. The fourth-order valence-corrected chi connectivity index (χ4v) is 2.98. The third kappa shape index (κ3) is 3.96. The number of benzene rings is 1. The molecule has 1 N–H and O–H groups in total. The van der Waals surface area contributed by atoms with Gasteiger partial charge in [-0.1, -0.05) is 48.0 Å². The zero-order chi connectivity index (χ0) is 14.5. The zero-order valence-corrected chi connectivity index (χ0v) is 12.8. The summed E-state index contributed by atoms with van der Waals surface area (Å²) in [5.74, 6) is 0. The van der Waals surface area contributed by atoms with Gasteiger partial charge in [0.05, 0.1) is 11.2 Å². The summed E-state index contributed by atoms with van der Waals surface area (Å²) in [5, 5.41) is 8.50. The van der Waals surface area contributed by atoms with Gasteiger partial charge >= 0.3 is 0 Å². The number of hydrogen-bond acceptors (Lipinski definition) is 2. The maximum atomic E-state index is 5.87. The van der Waals surface area contributed by atoms with Gasteiger partial charge in [0.15, 0.2) is 0 Å². The van der Waals surface area contributed by atoms with Crippen LogP contribution >= 0.6 is 11.6 Å². The summed E-state index contributed by atoms with van der Waals surface area (Å²) in [7, 11) is 0. The minimum atomic E-state index is 0.552. The first-order valence-electron chi connectivity index (χ1n) is 7.47. The van der Waals surface area contributed by atoms with Gasteiger partial charge < -0.3 is 5.32 Å². The molecule has 1 atom stereocenters. The number of nitrogens with zero attached hydrogens (tertiary/aromatic N) is 2. The molecule has 0 bridgehead atoms. The summed E-state index contributed by atoms with van der Waals surface area (Å²) in [6.45, 7) is 1.89. The molecule has 1 aliphatic heterocycles. The number of nitrogens with one attached hydrogen (secondary N) is 1. The first-order chi connectivity index (χ1) is 10.3. The van der Waals surface area contributed by atoms with E-state index in [-0.39, 0.29) is 0 Å². The number of rotatable bonds is 5. The second-order valence-corrected chi connectivity index (χ2v) is 5.90. The van der Waals surface area contributed by atoms with E-state index in [4.69, 9.17) is 11.6 Å². The standard InChI is InChI=1S/C17H20ClN3/c18-16-12-20-21(13-16)10-4-7-17-11-15(8-9-19-17)14-5-2-1-3-6-14/h1-3,5-6,8,12-13,17,19H,4,7,9-11H2. The van der Waals surface area contributed by atoms with Crippen molar-refractivity contribution in [1.29, 1.82) is 0 Å². The zero-order valence-electron chi connectivity index (χ0n) is 12.0. The largest absolute Gasteiger partial charge is 0.310 e. The Kier molecular flexibility index (Phi) is 4.73. The maximum absolute atomic E-state index is 5.87. The first-order valence-corrected chi connectivity index (χ1v) is 7.85. The van der Waals surface area contributed by atoms with Crippen LogP contribution in [-0.4, -0.2) is 22.4 Å². The molecule has 21 heavy (non-hydrogen) atoms. The Morgan fingerprint density at radius 2 is 2.14 bits per heavy atom. The fourth-order valence-electron chi connectivity index (χ4n) is 2.82. The van der Waals surface area contributed by atoms with Crippen LogP contribution in [0.1, 0.15) is 24.8 Å². The Balaban J connectivity index is 1.50. The number of aromatic nitrogens is 2. The van der Waals surface area contributed by atoms with Crippen molar-refractivity contribution in [2.24, 2.45) is 0 Å². The molecule has 1 aliphatic rings. The van der Waals surface area contributed by atoms with Gasteiger partial charge in [-0.15, -0.1) is 0 Å². The Hall–Kier alpha value is -1.58. The summed E-state index contributed by atoms with van der Waals surface area (Å²) in [6.07, 6.45) is 9.24. The van der Waals surface area contributed by atoms with E-state index in [9.17, 15) is 0 Å². The van der Waals surface area contributed by atoms with Crippen LogP contribution in [0.5, 0.6) is 0 Å². The van der Waals surface area contributed by atoms with E-state index < -0.39 is 0 Å². The maximum Gasteiger partial charge on any atom is 0.0785 e. The van der Waals surface area contributed by atoms with Gasteiger partial charge in [-0.05, 0) is 30.4 Å². The van der Waals surface area contributed by atoms with Crippen molar-refractivity contribution in [1.82, 2.24) is 15.1 Å². The molecule has 0 amide bonds. The van der Waals surface area contributed by atoms with Gasteiger partial charge in [0, 0.05) is 25.3 Å². The molecule has 110 valence electrons. The molecule has 0 aliphatic carbocycles. The molecule has 0 spiro atoms. The molecule has 0 fully saturated rings. The van der Waals surface area contributed by atoms with Crippen molar-refractivity contribution >= 4 is 17.2 Å². The van der Waals surface area contributed by atoms with Crippen molar-refractivity contribution in [2.45, 2.75) is 31.8 Å². The van der Waals surface area contributed by atoms with Crippen LogP contribution in [0, 0.1) is 0 Å². The second kappa shape index (κ2) is 6.92. The summed E-state index contributed by atoms with van der Waals surface area (Å²) >= 11 is 5.87. The van der Waals surface area contributed by atoms with Gasteiger partial charge in [0.1, 0.15) is 0 Å². The quantitative estimate of drug-likeness (QED) is 0.911. The van der Waals surface area contributed by atoms with E-state index in [0.29, 0.717) is 11.1 Å². The van der Waals surface area contributed by atoms with E-state index in [1.165, 1.54) is 11.1 Å². The molecule has 0 radical (unpaired) electrons. The summed E-state index contributed by atoms with van der Waals surface area (Å²) in [5.41, 5.74) is 2.81. The molecule has 2 heterocycles. The number of halogens is 1. The van der Waals surface area contributed by atoms with Crippen LogP contribution in [0.25, 0.3) is 5.57 Å². The van der Waals surface area contributed by atoms with E-state index in [2.05, 4.69) is 46.8 Å². The molecule has 3 nitrogen and oxygen atoms in total. The highest BCUT2D eigenvalue weighted by Gasteiger charge is 2.15. The van der Waals surface area contributed by atoms with E-state index in [0.717, 1.165) is 32.4 Å². The van der Waals surface area contributed by atoms with Gasteiger partial charge in [-0.25, -0.2) is 0 Å². The smallest absolute Gasteiger partial charge is 0.0785 e. The number of aryl methyl sites for hydroxylation is 1. The second-order valence-electron chi connectivity index (χ2n) is 5.47. The van der Waals surface area contributed by atoms with Crippen LogP contribution in [-0.2, 0) is 6.54 Å². The SMILES string of the molecule is Clc1cnn(CCCC2CC(c3ccccc3)=CCN2)c1. The van der Waals surface area contributed by atoms with Crippen molar-refractivity contribution in [3.8, 4) is 0 Å². The Morgan fingerprint density at radius 3 is 2.90 bits per heavy atom. The van der Waals surface area contributed by atoms with Crippen molar-refractivity contribution in [3.63, 3.8) is 0 Å². The Morgan fingerprint density at radius 1 is 1.29 bits per heavy atom. The van der Waals surface area contributed by atoms with Gasteiger partial charge in [-0.3, -0.25) is 4.68 Å². The van der Waals surface area contributed by atoms with Gasteiger partial charge in [0.2, 0.25) is 0 Å². The highest BCUT2D eigenvalue weighted by atomic mass is 35.5. The van der Waals surface area contributed by atoms with Crippen LogP contribution in [0.4, 0.5) is 0 Å². The summed E-state index contributed by atoms with van der Waals surface area (Å²) in [6, 6.07) is 11.2. The molecule has 3 rings (SSSR count). The Bertz CT molecular complexity index is 604. The van der Waals surface area contributed by atoms with E-state index in [1.54, 1.807) is 6.20 Å². The summed E-state index contributed by atoms with van der Waals surface area (Å²) < 4.78 is 1.92. The molecule has 4 heteroatoms. The lowest BCUT2D eigenvalue weighted by molar-refractivity contribution is 0.453. The average Bonchev–Trinajstić information content (AvgIpc) is 2.94. The average molecular weight is 302 g/mol. The van der Waals surface area contributed by atoms with Crippen LogP contribution < -0.4 is 5.32 Å². The molecule has 0 saturated heterocycles. The monoisotopic (exact) mass is 301 g/mol. The van der Waals surface area contributed by atoms with E-state index in [1.807, 2.05) is 10.9 Å². The van der Waals surface area contributed by atoms with Crippen molar-refractivity contribution < 1.29 is 0 Å². The minimum Gasteiger partial charge on any atom is -0.310 e. The van der Waals surface area contributed by atoms with Crippen molar-refractivity contribution in [2.75, 3.05) is 6.54 Å². The predicted molar refractivity (Wildman–Crippen MR) is 87.3 cm³/mol. The first kappa shape index (κ1) is 14.4. The lowest BCUT2D eigenvalue weighted by Gasteiger charge is -2.24. The Labute approximate surface area is 130 Å². The molecule has 1 unspecified atom stereocenters. The van der Waals surface area contributed by atoms with Gasteiger partial charge in [0.25, 0.3) is 0 Å². The van der Waals surface area contributed by atoms with Gasteiger partial charge in [-0.2, -0.15) is 5.10 Å². The van der Waals surface area contributed by atoms with Crippen molar-refractivity contribution in [3.05, 3.63) is 59.4 Å². The summed E-state index contributed by atoms with van der Waals surface area (Å²) in [4.78, 5) is 0. The topological polar surface area (TPSA) is 29.9 Å². The van der Waals surface area contributed by atoms with Crippen LogP contribution in [0.15, 0.2) is 48.8 Å². The molecule has 2 aromatic rings. The third-order valence-corrected chi connectivity index (χ3v) is 4.10. The molecule has 0 saturated carbocycles. The highest BCUT2D eigenvalue weighted by molar-refractivity contribution is 6.30. The fraction of sp³-hybridized carbons (Fsp3) is 0.353. The minimum absolute atomic E-state index is 0.552. The van der Waals surface area contributed by atoms with Crippen LogP contribution in [0.3, 0.4) is 0 Å². The van der Waals surface area contributed by atoms with E-state index >= 15 is 0 Å².